The summed E-state index contributed by atoms with van der Waals surface area (Å²) in [7, 11) is -1.14. The third-order valence-electron chi connectivity index (χ3n) is 4.85. The summed E-state index contributed by atoms with van der Waals surface area (Å²) in [6.45, 7) is 1.91. The van der Waals surface area contributed by atoms with Crippen LogP contribution in [-0.2, 0) is 19.6 Å². The van der Waals surface area contributed by atoms with E-state index in [1.807, 2.05) is 24.3 Å². The fraction of sp³-hybridized carbons (Fsp3) is 0.333. The maximum absolute atomic E-state index is 12.6. The molecule has 166 valence electrons. The van der Waals surface area contributed by atoms with Gasteiger partial charge in [0.15, 0.2) is 6.10 Å². The second-order valence-electron chi connectivity index (χ2n) is 7.22. The molecule has 31 heavy (non-hydrogen) atoms. The molecule has 1 heterocycles. The van der Waals surface area contributed by atoms with E-state index >= 15 is 0 Å². The van der Waals surface area contributed by atoms with Crippen LogP contribution in [0.4, 0.5) is 0 Å². The Morgan fingerprint density at radius 1 is 1.23 bits per heavy atom. The molecule has 0 bridgehead atoms. The molecule has 1 aliphatic heterocycles. The number of nitrogens with one attached hydrogen (secondary N) is 1. The summed E-state index contributed by atoms with van der Waals surface area (Å²) in [5.74, 6) is -0.591. The summed E-state index contributed by atoms with van der Waals surface area (Å²) in [4.78, 5) is 24.9. The summed E-state index contributed by atoms with van der Waals surface area (Å²) >= 11 is 6.00. The number of rotatable bonds is 6. The topological polar surface area (TPSA) is 102 Å². The van der Waals surface area contributed by atoms with Crippen LogP contribution in [0.2, 0.25) is 5.02 Å². The number of ether oxygens (including phenoxy) is 2. The van der Waals surface area contributed by atoms with Gasteiger partial charge in [0.05, 0.1) is 23.2 Å². The zero-order chi connectivity index (χ0) is 22.8. The molecular weight excluding hydrogens is 444 g/mol. The average Bonchev–Trinajstić information content (AvgIpc) is 2.73. The van der Waals surface area contributed by atoms with Gasteiger partial charge in [0.1, 0.15) is 10.6 Å². The van der Waals surface area contributed by atoms with E-state index in [0.29, 0.717) is 18.8 Å². The lowest BCUT2D eigenvalue weighted by molar-refractivity contribution is -0.130. The lowest BCUT2D eigenvalue weighted by Crippen LogP contribution is -2.39. The van der Waals surface area contributed by atoms with Crippen molar-refractivity contribution < 1.29 is 27.5 Å². The van der Waals surface area contributed by atoms with Gasteiger partial charge >= 0.3 is 5.97 Å². The molecule has 0 saturated heterocycles. The molecule has 1 N–H and O–H groups in total. The quantitative estimate of drug-likeness (QED) is 0.657. The van der Waals surface area contributed by atoms with Crippen LogP contribution >= 0.6 is 11.6 Å². The molecule has 2 unspecified atom stereocenters. The van der Waals surface area contributed by atoms with Gasteiger partial charge in [-0.3, -0.25) is 4.79 Å². The van der Waals surface area contributed by atoms with Crippen molar-refractivity contribution in [3.63, 3.8) is 0 Å². The van der Waals surface area contributed by atoms with Gasteiger partial charge < -0.3 is 14.8 Å². The number of amides is 1. The van der Waals surface area contributed by atoms with Crippen molar-refractivity contribution in [2.24, 2.45) is 0 Å². The number of para-hydroxylation sites is 1. The van der Waals surface area contributed by atoms with E-state index in [1.165, 1.54) is 33.2 Å². The minimum absolute atomic E-state index is 0.0192. The van der Waals surface area contributed by atoms with Crippen LogP contribution in [0.25, 0.3) is 0 Å². The third kappa shape index (κ3) is 5.00. The fourth-order valence-electron chi connectivity index (χ4n) is 3.09. The van der Waals surface area contributed by atoms with Crippen LogP contribution in [0.5, 0.6) is 5.75 Å². The number of nitrogens with zero attached hydrogens (tertiary/aromatic N) is 1. The first-order valence-electron chi connectivity index (χ1n) is 9.56. The molecule has 1 amide bonds. The second-order valence-corrected chi connectivity index (χ2v) is 9.74. The highest BCUT2D eigenvalue weighted by atomic mass is 35.5. The van der Waals surface area contributed by atoms with Crippen molar-refractivity contribution in [2.45, 2.75) is 30.4 Å². The number of fused-ring (bicyclic) bond motifs is 1. The predicted octanol–water partition coefficient (Wildman–Crippen LogP) is 2.78. The Kier molecular flexibility index (Phi) is 6.88. The summed E-state index contributed by atoms with van der Waals surface area (Å²) in [5, 5.41) is 2.85. The monoisotopic (exact) mass is 466 g/mol. The number of benzene rings is 2. The molecule has 0 aliphatic carbocycles. The zero-order valence-corrected chi connectivity index (χ0v) is 18.9. The lowest BCUT2D eigenvalue weighted by Gasteiger charge is -2.27. The summed E-state index contributed by atoms with van der Waals surface area (Å²) in [6, 6.07) is 10.9. The first-order valence-corrected chi connectivity index (χ1v) is 11.4. The Balaban J connectivity index is 1.71. The van der Waals surface area contributed by atoms with Gasteiger partial charge in [0.2, 0.25) is 10.0 Å². The van der Waals surface area contributed by atoms with Gasteiger partial charge in [0.25, 0.3) is 5.91 Å². The SMILES string of the molecule is CC(OC(=O)c1ccc(Cl)c(S(=O)(=O)N(C)C)c1)C(=O)NC1CCOc2ccccc21. The summed E-state index contributed by atoms with van der Waals surface area (Å²) in [5.41, 5.74) is 0.831. The Hall–Kier alpha value is -2.62. The maximum atomic E-state index is 12.6. The van der Waals surface area contributed by atoms with Crippen molar-refractivity contribution in [1.82, 2.24) is 9.62 Å². The van der Waals surface area contributed by atoms with Crippen molar-refractivity contribution in [1.29, 1.82) is 0 Å². The van der Waals surface area contributed by atoms with Crippen LogP contribution in [0.15, 0.2) is 47.4 Å². The molecule has 2 aromatic rings. The molecule has 8 nitrogen and oxygen atoms in total. The molecule has 3 rings (SSSR count). The van der Waals surface area contributed by atoms with E-state index in [0.717, 1.165) is 15.9 Å². The van der Waals surface area contributed by atoms with Crippen molar-refractivity contribution >= 4 is 33.5 Å². The first kappa shape index (κ1) is 23.1. The largest absolute Gasteiger partial charge is 0.493 e. The van der Waals surface area contributed by atoms with Crippen LogP contribution in [-0.4, -0.2) is 51.4 Å². The minimum Gasteiger partial charge on any atom is -0.493 e. The van der Waals surface area contributed by atoms with Crippen molar-refractivity contribution in [2.75, 3.05) is 20.7 Å². The minimum atomic E-state index is -3.85. The summed E-state index contributed by atoms with van der Waals surface area (Å²) < 4.78 is 36.6. The van der Waals surface area contributed by atoms with Crippen molar-refractivity contribution in [3.8, 4) is 5.75 Å². The van der Waals surface area contributed by atoms with Gasteiger partial charge in [-0.25, -0.2) is 17.5 Å². The molecule has 0 spiro atoms. The van der Waals surface area contributed by atoms with E-state index in [2.05, 4.69) is 5.32 Å². The van der Waals surface area contributed by atoms with Crippen LogP contribution < -0.4 is 10.1 Å². The molecular formula is C21H23ClN2O6S. The van der Waals surface area contributed by atoms with Crippen molar-refractivity contribution in [3.05, 3.63) is 58.6 Å². The highest BCUT2D eigenvalue weighted by Gasteiger charge is 2.27. The molecule has 2 atom stereocenters. The Labute approximate surface area is 186 Å². The molecule has 10 heteroatoms. The Bertz CT molecular complexity index is 1100. The van der Waals surface area contributed by atoms with Crippen LogP contribution in [0, 0.1) is 0 Å². The Morgan fingerprint density at radius 2 is 1.94 bits per heavy atom. The third-order valence-corrected chi connectivity index (χ3v) is 7.15. The highest BCUT2D eigenvalue weighted by Crippen LogP contribution is 2.31. The van der Waals surface area contributed by atoms with Gasteiger partial charge in [-0.2, -0.15) is 0 Å². The zero-order valence-electron chi connectivity index (χ0n) is 17.3. The normalized spacial score (nSPS) is 16.7. The smallest absolute Gasteiger partial charge is 0.338 e. The number of halogens is 1. The van der Waals surface area contributed by atoms with Gasteiger partial charge in [-0.1, -0.05) is 29.8 Å². The van der Waals surface area contributed by atoms with Gasteiger partial charge in [0, 0.05) is 26.1 Å². The van der Waals surface area contributed by atoms with E-state index in [-0.39, 0.29) is 21.5 Å². The molecule has 2 aromatic carbocycles. The molecule has 0 aromatic heterocycles. The number of carbonyl (C=O) groups is 2. The van der Waals surface area contributed by atoms with Crippen LogP contribution in [0.1, 0.15) is 35.3 Å². The standard InChI is InChI=1S/C21H23ClN2O6S/c1-13(20(25)23-17-10-11-29-18-7-5-4-6-15(17)18)30-21(26)14-8-9-16(22)19(12-14)31(27,28)24(2)3/h4-9,12-13,17H,10-11H2,1-3H3,(H,23,25). The van der Waals surface area contributed by atoms with Crippen LogP contribution in [0.3, 0.4) is 0 Å². The molecule has 1 aliphatic rings. The number of carbonyl (C=O) groups excluding carboxylic acids is 2. The van der Waals surface area contributed by atoms with Gasteiger partial charge in [-0.15, -0.1) is 0 Å². The Morgan fingerprint density at radius 3 is 2.65 bits per heavy atom. The first-order chi connectivity index (χ1) is 14.6. The fourth-order valence-corrected chi connectivity index (χ4v) is 4.48. The highest BCUT2D eigenvalue weighted by molar-refractivity contribution is 7.89. The molecule has 0 saturated carbocycles. The number of hydrogen-bond donors (Lipinski definition) is 1. The van der Waals surface area contributed by atoms with E-state index < -0.39 is 28.0 Å². The molecule has 0 radical (unpaired) electrons. The number of hydrogen-bond acceptors (Lipinski definition) is 6. The van der Waals surface area contributed by atoms with E-state index in [4.69, 9.17) is 21.1 Å². The predicted molar refractivity (Wildman–Crippen MR) is 115 cm³/mol. The van der Waals surface area contributed by atoms with Gasteiger partial charge in [-0.05, 0) is 31.2 Å². The summed E-state index contributed by atoms with van der Waals surface area (Å²) in [6.07, 6.45) is -0.501. The maximum Gasteiger partial charge on any atom is 0.338 e. The average molecular weight is 467 g/mol. The van der Waals surface area contributed by atoms with E-state index in [9.17, 15) is 18.0 Å². The number of sulfonamides is 1. The lowest BCUT2D eigenvalue weighted by atomic mass is 10.0. The second kappa shape index (κ2) is 9.25. The van der Waals surface area contributed by atoms with E-state index in [1.54, 1.807) is 0 Å². The molecule has 0 fully saturated rings. The number of esters is 1.